The van der Waals surface area contributed by atoms with Gasteiger partial charge in [-0.25, -0.2) is 0 Å². The van der Waals surface area contributed by atoms with Crippen LogP contribution in [0, 0.1) is 6.92 Å². The van der Waals surface area contributed by atoms with Crippen LogP contribution in [-0.2, 0) is 18.4 Å². The number of morpholine rings is 1. The van der Waals surface area contributed by atoms with Crippen LogP contribution in [0.15, 0.2) is 29.4 Å². The van der Waals surface area contributed by atoms with Crippen molar-refractivity contribution in [1.82, 2.24) is 19.7 Å². The molecular formula is C17H24N4O2S. The summed E-state index contributed by atoms with van der Waals surface area (Å²) in [4.78, 5) is 2.43. The van der Waals surface area contributed by atoms with Gasteiger partial charge in [-0.1, -0.05) is 30.0 Å². The number of aryl methyl sites for hydroxylation is 1. The molecule has 6 nitrogen and oxygen atoms in total. The smallest absolute Gasteiger partial charge is 0.191 e. The van der Waals surface area contributed by atoms with Gasteiger partial charge in [0.25, 0.3) is 0 Å². The normalized spacial score (nSPS) is 15.6. The lowest BCUT2D eigenvalue weighted by molar-refractivity contribution is 0.0410. The van der Waals surface area contributed by atoms with E-state index in [4.69, 9.17) is 9.47 Å². The summed E-state index contributed by atoms with van der Waals surface area (Å²) in [6.45, 7) is 7.25. The van der Waals surface area contributed by atoms with Crippen molar-refractivity contribution >= 4 is 11.8 Å². The van der Waals surface area contributed by atoms with E-state index in [0.717, 1.165) is 60.9 Å². The van der Waals surface area contributed by atoms with Crippen molar-refractivity contribution in [3.63, 3.8) is 0 Å². The molecule has 0 radical (unpaired) electrons. The van der Waals surface area contributed by atoms with Crippen LogP contribution >= 0.6 is 11.8 Å². The molecule has 0 spiro atoms. The first kappa shape index (κ1) is 17.3. The average molecular weight is 348 g/mol. The van der Waals surface area contributed by atoms with Gasteiger partial charge >= 0.3 is 0 Å². The van der Waals surface area contributed by atoms with Gasteiger partial charge in [0.15, 0.2) is 11.0 Å². The van der Waals surface area contributed by atoms with Crippen LogP contribution in [0.5, 0.6) is 5.75 Å². The summed E-state index contributed by atoms with van der Waals surface area (Å²) >= 11 is 1.74. The van der Waals surface area contributed by atoms with Crippen molar-refractivity contribution in [2.24, 2.45) is 7.05 Å². The first-order valence-corrected chi connectivity index (χ1v) is 9.22. The standard InChI is InChI=1S/C17H24N4O2S/c1-14-5-3-4-6-15(14)23-13-16-18-19-17(20(16)2)24-12-9-21-7-10-22-11-8-21/h3-6H,7-13H2,1-2H3. The molecule has 0 unspecified atom stereocenters. The van der Waals surface area contributed by atoms with E-state index in [-0.39, 0.29) is 0 Å². The molecule has 1 aromatic carbocycles. The summed E-state index contributed by atoms with van der Waals surface area (Å²) in [6, 6.07) is 8.00. The Balaban J connectivity index is 1.49. The van der Waals surface area contributed by atoms with Gasteiger partial charge in [0, 0.05) is 32.4 Å². The predicted octanol–water partition coefficient (Wildman–Crippen LogP) is 2.13. The minimum Gasteiger partial charge on any atom is -0.485 e. The molecule has 2 aromatic rings. The lowest BCUT2D eigenvalue weighted by Crippen LogP contribution is -2.37. The molecule has 0 N–H and O–H groups in total. The van der Waals surface area contributed by atoms with E-state index in [2.05, 4.69) is 15.1 Å². The number of rotatable bonds is 7. The van der Waals surface area contributed by atoms with E-state index in [1.54, 1.807) is 11.8 Å². The van der Waals surface area contributed by atoms with Crippen molar-refractivity contribution in [2.75, 3.05) is 38.6 Å². The molecule has 1 saturated heterocycles. The molecule has 0 bridgehead atoms. The Bertz CT molecular complexity index is 656. The van der Waals surface area contributed by atoms with Gasteiger partial charge in [0.1, 0.15) is 12.4 Å². The molecule has 3 rings (SSSR count). The number of thioether (sulfide) groups is 1. The highest BCUT2D eigenvalue weighted by Gasteiger charge is 2.13. The third-order valence-corrected chi connectivity index (χ3v) is 5.12. The highest BCUT2D eigenvalue weighted by Crippen LogP contribution is 2.19. The summed E-state index contributed by atoms with van der Waals surface area (Å²) in [5.74, 6) is 2.74. The number of ether oxygens (including phenoxy) is 2. The van der Waals surface area contributed by atoms with E-state index < -0.39 is 0 Å². The third kappa shape index (κ3) is 4.49. The monoisotopic (exact) mass is 348 g/mol. The Morgan fingerprint density at radius 2 is 2.00 bits per heavy atom. The SMILES string of the molecule is Cc1ccccc1OCc1nnc(SCCN2CCOCC2)n1C. The second-order valence-electron chi connectivity index (χ2n) is 5.81. The predicted molar refractivity (Wildman–Crippen MR) is 94.5 cm³/mol. The zero-order chi connectivity index (χ0) is 16.8. The van der Waals surface area contributed by atoms with Crippen LogP contribution in [0.1, 0.15) is 11.4 Å². The van der Waals surface area contributed by atoms with Crippen LogP contribution < -0.4 is 4.74 Å². The number of nitrogens with zero attached hydrogens (tertiary/aromatic N) is 4. The highest BCUT2D eigenvalue weighted by molar-refractivity contribution is 7.99. The lowest BCUT2D eigenvalue weighted by atomic mass is 10.2. The van der Waals surface area contributed by atoms with Gasteiger partial charge in [0.2, 0.25) is 0 Å². The number of hydrogen-bond donors (Lipinski definition) is 0. The molecule has 0 amide bonds. The molecule has 1 fully saturated rings. The molecule has 2 heterocycles. The zero-order valence-corrected chi connectivity index (χ0v) is 15.1. The molecule has 0 saturated carbocycles. The summed E-state index contributed by atoms with van der Waals surface area (Å²) in [7, 11) is 1.99. The molecule has 130 valence electrons. The van der Waals surface area contributed by atoms with Crippen molar-refractivity contribution in [1.29, 1.82) is 0 Å². The maximum absolute atomic E-state index is 5.86. The van der Waals surface area contributed by atoms with Gasteiger partial charge in [-0.3, -0.25) is 4.90 Å². The topological polar surface area (TPSA) is 52.4 Å². The highest BCUT2D eigenvalue weighted by atomic mass is 32.2. The Kier molecular flexibility index (Phi) is 6.12. The summed E-state index contributed by atoms with van der Waals surface area (Å²) < 4.78 is 13.2. The second-order valence-corrected chi connectivity index (χ2v) is 6.88. The maximum atomic E-state index is 5.86. The zero-order valence-electron chi connectivity index (χ0n) is 14.3. The first-order valence-electron chi connectivity index (χ1n) is 8.23. The summed E-state index contributed by atoms with van der Waals surface area (Å²) in [5, 5.41) is 9.48. The fourth-order valence-corrected chi connectivity index (χ4v) is 3.48. The molecule has 24 heavy (non-hydrogen) atoms. The molecule has 0 atom stereocenters. The fraction of sp³-hybridized carbons (Fsp3) is 0.529. The van der Waals surface area contributed by atoms with Gasteiger partial charge in [-0.15, -0.1) is 10.2 Å². The Morgan fingerprint density at radius 1 is 1.21 bits per heavy atom. The summed E-state index contributed by atoms with van der Waals surface area (Å²) in [6.07, 6.45) is 0. The van der Waals surface area contributed by atoms with Gasteiger partial charge in [0.05, 0.1) is 13.2 Å². The Morgan fingerprint density at radius 3 is 2.79 bits per heavy atom. The number of aromatic nitrogens is 3. The lowest BCUT2D eigenvalue weighted by Gasteiger charge is -2.26. The number of hydrogen-bond acceptors (Lipinski definition) is 6. The molecule has 7 heteroatoms. The van der Waals surface area contributed by atoms with E-state index in [1.165, 1.54) is 0 Å². The van der Waals surface area contributed by atoms with Crippen molar-refractivity contribution in [3.05, 3.63) is 35.7 Å². The quantitative estimate of drug-likeness (QED) is 0.715. The Labute approximate surface area is 147 Å². The largest absolute Gasteiger partial charge is 0.485 e. The van der Waals surface area contributed by atoms with Gasteiger partial charge in [-0.05, 0) is 18.6 Å². The fourth-order valence-electron chi connectivity index (χ4n) is 2.55. The van der Waals surface area contributed by atoms with Crippen LogP contribution in [0.4, 0.5) is 0 Å². The van der Waals surface area contributed by atoms with Crippen LogP contribution in [-0.4, -0.2) is 58.3 Å². The van der Waals surface area contributed by atoms with E-state index in [1.807, 2.05) is 42.8 Å². The molecular weight excluding hydrogens is 324 g/mol. The second kappa shape index (κ2) is 8.50. The molecule has 1 aliphatic heterocycles. The van der Waals surface area contributed by atoms with Crippen LogP contribution in [0.2, 0.25) is 0 Å². The minimum absolute atomic E-state index is 0.429. The van der Waals surface area contributed by atoms with E-state index >= 15 is 0 Å². The van der Waals surface area contributed by atoms with Crippen molar-refractivity contribution in [2.45, 2.75) is 18.7 Å². The van der Waals surface area contributed by atoms with Gasteiger partial charge < -0.3 is 14.0 Å². The third-order valence-electron chi connectivity index (χ3n) is 4.12. The van der Waals surface area contributed by atoms with Crippen molar-refractivity contribution < 1.29 is 9.47 Å². The molecule has 0 aliphatic carbocycles. The first-order chi connectivity index (χ1) is 11.7. The van der Waals surface area contributed by atoms with E-state index in [9.17, 15) is 0 Å². The number of benzene rings is 1. The molecule has 1 aromatic heterocycles. The minimum atomic E-state index is 0.429. The van der Waals surface area contributed by atoms with Crippen molar-refractivity contribution in [3.8, 4) is 5.75 Å². The van der Waals surface area contributed by atoms with Crippen LogP contribution in [0.25, 0.3) is 0 Å². The van der Waals surface area contributed by atoms with E-state index in [0.29, 0.717) is 6.61 Å². The van der Waals surface area contributed by atoms with Crippen LogP contribution in [0.3, 0.4) is 0 Å². The Hall–Kier alpha value is -1.57. The number of para-hydroxylation sites is 1. The van der Waals surface area contributed by atoms with Gasteiger partial charge in [-0.2, -0.15) is 0 Å². The summed E-state index contributed by atoms with van der Waals surface area (Å²) in [5.41, 5.74) is 1.12. The maximum Gasteiger partial charge on any atom is 0.191 e. The molecule has 1 aliphatic rings. The average Bonchev–Trinajstić information content (AvgIpc) is 2.95.